The van der Waals surface area contributed by atoms with Gasteiger partial charge in [-0.15, -0.1) is 0 Å². The van der Waals surface area contributed by atoms with Crippen molar-refractivity contribution in [2.24, 2.45) is 5.11 Å². The van der Waals surface area contributed by atoms with E-state index in [2.05, 4.69) is 4.91 Å². The van der Waals surface area contributed by atoms with Gasteiger partial charge in [0, 0.05) is 17.8 Å². The first-order valence-electron chi connectivity index (χ1n) is 49.6. The van der Waals surface area contributed by atoms with Crippen molar-refractivity contribution in [2.75, 3.05) is 39.6 Å². The zero-order chi connectivity index (χ0) is 96.2. The summed E-state index contributed by atoms with van der Waals surface area (Å²) in [5.74, 6) is -0.745. The Morgan fingerprint density at radius 3 is 0.768 bits per heavy atom. The van der Waals surface area contributed by atoms with E-state index >= 15 is 0 Å². The number of ether oxygens (including phenoxy) is 22. The third kappa shape index (κ3) is 29.0. The molecule has 0 radical (unpaired) electrons. The Hall–Kier alpha value is -10.9. The molecule has 1 aliphatic carbocycles. The maximum Gasteiger partial charge on any atom is 0.187 e. The molecule has 12 aromatic rings. The van der Waals surface area contributed by atoms with Gasteiger partial charge in [-0.3, -0.25) is 0 Å². The molecule has 25 nitrogen and oxygen atoms in total. The predicted molar refractivity (Wildman–Crippen MR) is 529 cm³/mol. The van der Waals surface area contributed by atoms with Gasteiger partial charge in [-0.2, -0.15) is 0 Å². The quantitative estimate of drug-likeness (QED) is 0.0195. The van der Waals surface area contributed by atoms with Gasteiger partial charge in [0.2, 0.25) is 0 Å². The Balaban J connectivity index is 0.744. The smallest absolute Gasteiger partial charge is 0.187 e. The molecule has 5 saturated heterocycles. The van der Waals surface area contributed by atoms with Crippen molar-refractivity contribution in [3.63, 3.8) is 0 Å². The van der Waals surface area contributed by atoms with E-state index in [0.717, 1.165) is 98.9 Å². The number of hydrogen-bond acceptors (Lipinski definition) is 23. The van der Waals surface area contributed by atoms with Gasteiger partial charge in [0.1, 0.15) is 104 Å². The van der Waals surface area contributed by atoms with Crippen LogP contribution in [-0.2, 0) is 183 Å². The summed E-state index contributed by atoms with van der Waals surface area (Å²) in [6.45, 7) is 1.31. The fourth-order valence-corrected chi connectivity index (χ4v) is 19.0. The SMILES string of the molecule is [N-]=[N+]=N[C@H]1[C@H](O[C@H]2[C@@H](OC[C@H]3COC4(CCCCC4)O3)O[C@H](COCc3ccccc3)[C@@H](OCc3ccccc3)[C@@H]2OCc2ccccc2)O[C@H](CO[C@@H]2O[C@H](CO[C@H]3O[C@H](COCc4ccccc4)[C@H](OCc4ccccc4)[C@H](OCc4ccccc4)[C@H]3OCc3ccccc3)[C@H](OCc3ccccc3)[C@H](OCc3ccccc3)[C@H]2OCc2ccccc2)[C@H](OCc2ccccc2)[C@@H]1OCc1ccccc1. The van der Waals surface area contributed by atoms with E-state index in [1.54, 1.807) is 0 Å². The lowest BCUT2D eigenvalue weighted by Crippen LogP contribution is -2.66. The Labute approximate surface area is 831 Å². The molecule has 1 spiro atoms. The second-order valence-electron chi connectivity index (χ2n) is 36.6. The highest BCUT2D eigenvalue weighted by molar-refractivity contribution is 5.24. The van der Waals surface area contributed by atoms with Gasteiger partial charge in [0.15, 0.2) is 30.9 Å². The first-order valence-corrected chi connectivity index (χ1v) is 49.6. The largest absolute Gasteiger partial charge is 0.374 e. The van der Waals surface area contributed by atoms with Crippen molar-refractivity contribution in [1.82, 2.24) is 0 Å². The van der Waals surface area contributed by atoms with Gasteiger partial charge in [0.25, 0.3) is 0 Å². The fraction of sp³-hybridized carbons (Fsp3) is 0.385. The minimum absolute atomic E-state index is 0.00913. The van der Waals surface area contributed by atoms with Crippen molar-refractivity contribution in [1.29, 1.82) is 0 Å². The molecule has 18 rings (SSSR count). The van der Waals surface area contributed by atoms with Crippen molar-refractivity contribution < 1.29 is 104 Å². The molecule has 742 valence electrons. The topological polar surface area (TPSA) is 252 Å². The van der Waals surface area contributed by atoms with E-state index in [-0.39, 0.29) is 119 Å². The van der Waals surface area contributed by atoms with Crippen LogP contribution in [0, 0.1) is 0 Å². The average Bonchev–Trinajstić information content (AvgIpc) is 0.840. The number of rotatable bonds is 50. The zero-order valence-electron chi connectivity index (χ0n) is 79.9. The first kappa shape index (κ1) is 101. The number of nitrogens with zero attached hydrogens (tertiary/aromatic N) is 3. The second kappa shape index (κ2) is 53.6. The van der Waals surface area contributed by atoms with Gasteiger partial charge in [-0.25, -0.2) is 0 Å². The van der Waals surface area contributed by atoms with Crippen LogP contribution in [-0.4, -0.2) is 174 Å². The normalized spacial score (nSPS) is 26.5. The van der Waals surface area contributed by atoms with Gasteiger partial charge < -0.3 is 104 Å². The van der Waals surface area contributed by atoms with Crippen molar-refractivity contribution in [3.05, 3.63) is 441 Å². The van der Waals surface area contributed by atoms with E-state index in [4.69, 9.17) is 109 Å². The fourth-order valence-electron chi connectivity index (χ4n) is 19.0. The molecule has 0 unspecified atom stereocenters. The van der Waals surface area contributed by atoms with Crippen molar-refractivity contribution in [2.45, 2.75) is 246 Å². The monoisotopic (exact) mass is 1930 g/mol. The predicted octanol–water partition coefficient (Wildman–Crippen LogP) is 20.4. The van der Waals surface area contributed by atoms with Crippen LogP contribution in [0.4, 0.5) is 0 Å². The molecule has 0 bridgehead atoms. The highest BCUT2D eigenvalue weighted by atomic mass is 16.8. The molecular weight excluding hydrogens is 1800 g/mol. The van der Waals surface area contributed by atoms with Crippen molar-refractivity contribution in [3.8, 4) is 0 Å². The van der Waals surface area contributed by atoms with E-state index in [0.29, 0.717) is 0 Å². The summed E-state index contributed by atoms with van der Waals surface area (Å²) in [4.78, 5) is 3.63. The maximum atomic E-state index is 11.3. The minimum Gasteiger partial charge on any atom is -0.374 e. The number of hydrogen-bond donors (Lipinski definition) is 0. The van der Waals surface area contributed by atoms with E-state index in [9.17, 15) is 5.53 Å². The highest BCUT2D eigenvalue weighted by Gasteiger charge is 2.58. The lowest BCUT2D eigenvalue weighted by molar-refractivity contribution is -0.375. The van der Waals surface area contributed by atoms with Crippen molar-refractivity contribution >= 4 is 0 Å². The molecule has 1 saturated carbocycles. The Morgan fingerprint density at radius 1 is 0.239 bits per heavy atom. The highest BCUT2D eigenvalue weighted by Crippen LogP contribution is 2.43. The third-order valence-electron chi connectivity index (χ3n) is 26.3. The van der Waals surface area contributed by atoms with Crippen LogP contribution in [0.1, 0.15) is 98.9 Å². The molecule has 6 fully saturated rings. The van der Waals surface area contributed by atoms with E-state index in [1.165, 1.54) is 0 Å². The van der Waals surface area contributed by atoms with Gasteiger partial charge in [-0.1, -0.05) is 376 Å². The molecular formula is C117H127N3O22. The number of azide groups is 1. The standard InChI is InChI=1S/C117H127N3O22/c118-120-119-101-106(127-72-90-52-26-7-27-53-90)102(123-68-86-44-18-3-19-45-86)99(137-113(101)141-112-109(130-75-93-58-32-10-33-59-93)104(125-70-88-48-22-5-23-49-88)98(81-122-67-85-42-16-2-17-43-85)139-116(112)133-78-96-79-136-117(142-96)64-38-13-39-65-117)82-134-115-111(132-77-95-62-36-12-37-63-95)108(129-74-92-56-30-9-31-57-92)105(126-71-89-50-24-6-25-51-89)100(140-115)83-135-114-110(131-76-94-60-34-11-35-61-94)107(128-73-91-54-28-8-29-55-91)103(124-69-87-46-20-4-21-47-87)97(138-114)80-121-66-84-40-14-1-15-41-84/h1-12,14-37,40-63,96-116H,13,38-39,64-83H2/t96-,97+,98+,99+,100+,101+,102-,103-,104+,105-,106+,107-,108-,109-,110+,111+,112+,113-,114-,115+,116-/m0/s1. The maximum absolute atomic E-state index is 11.3. The lowest BCUT2D eigenvalue weighted by atomic mass is 9.94. The molecule has 21 atom stereocenters. The molecule has 6 aliphatic rings. The summed E-state index contributed by atoms with van der Waals surface area (Å²) in [7, 11) is 0. The molecule has 5 aliphatic heterocycles. The second-order valence-corrected chi connectivity index (χ2v) is 36.6. The van der Waals surface area contributed by atoms with Crippen LogP contribution < -0.4 is 0 Å². The Kier molecular flexibility index (Phi) is 38.2. The third-order valence-corrected chi connectivity index (χ3v) is 26.3. The lowest BCUT2D eigenvalue weighted by Gasteiger charge is -2.50. The minimum atomic E-state index is -1.57. The van der Waals surface area contributed by atoms with Crippen LogP contribution in [0.5, 0.6) is 0 Å². The summed E-state index contributed by atoms with van der Waals surface area (Å²) >= 11 is 0. The summed E-state index contributed by atoms with van der Waals surface area (Å²) in [5, 5.41) is 4.69. The van der Waals surface area contributed by atoms with Crippen LogP contribution in [0.2, 0.25) is 0 Å². The Bertz CT molecular complexity index is 5600. The number of benzene rings is 12. The molecule has 5 heterocycles. The summed E-state index contributed by atoms with van der Waals surface area (Å²) in [5.41, 5.74) is 22.0. The summed E-state index contributed by atoms with van der Waals surface area (Å²) in [6, 6.07) is 118. The summed E-state index contributed by atoms with van der Waals surface area (Å²) in [6.07, 6.45) is -17.0. The average molecular weight is 1930 g/mol. The first-order chi connectivity index (χ1) is 70.3. The van der Waals surface area contributed by atoms with Crippen LogP contribution in [0.25, 0.3) is 10.4 Å². The van der Waals surface area contributed by atoms with Crippen LogP contribution in [0.3, 0.4) is 0 Å². The molecule has 25 heteroatoms. The molecule has 142 heavy (non-hydrogen) atoms. The van der Waals surface area contributed by atoms with E-state index in [1.807, 2.05) is 364 Å². The molecule has 12 aromatic carbocycles. The molecule has 0 aromatic heterocycles. The summed E-state index contributed by atoms with van der Waals surface area (Å²) < 4.78 is 161. The van der Waals surface area contributed by atoms with E-state index < -0.39 is 135 Å². The molecule has 0 amide bonds. The van der Waals surface area contributed by atoms with Crippen LogP contribution >= 0.6 is 0 Å². The van der Waals surface area contributed by atoms with Gasteiger partial charge >= 0.3 is 0 Å². The van der Waals surface area contributed by atoms with Gasteiger partial charge in [0.05, 0.1) is 119 Å². The Morgan fingerprint density at radius 2 is 0.472 bits per heavy atom. The van der Waals surface area contributed by atoms with Gasteiger partial charge in [-0.05, 0) is 85.1 Å². The molecule has 0 N–H and O–H groups in total. The van der Waals surface area contributed by atoms with Crippen LogP contribution in [0.15, 0.2) is 369 Å². The zero-order valence-corrected chi connectivity index (χ0v) is 79.9.